The molecule has 2 atom stereocenters. The molecule has 102 valence electrons. The zero-order valence-corrected chi connectivity index (χ0v) is 11.9. The topological polar surface area (TPSA) is 29.5 Å². The molecule has 2 rings (SSSR count). The lowest BCUT2D eigenvalue weighted by atomic mass is 9.91. The predicted molar refractivity (Wildman–Crippen MR) is 79.8 cm³/mol. The van der Waals surface area contributed by atoms with Crippen molar-refractivity contribution in [1.82, 2.24) is 0 Å². The van der Waals surface area contributed by atoms with Gasteiger partial charge in [-0.25, -0.2) is 0 Å². The molecule has 0 heterocycles. The van der Waals surface area contributed by atoms with Crippen LogP contribution in [0, 0.1) is 0 Å². The zero-order chi connectivity index (χ0) is 13.8. The van der Waals surface area contributed by atoms with Crippen LogP contribution in [0.2, 0.25) is 0 Å². The van der Waals surface area contributed by atoms with Crippen LogP contribution >= 0.6 is 0 Å². The number of fused-ring (bicyclic) bond motifs is 1. The van der Waals surface area contributed by atoms with Gasteiger partial charge in [0.2, 0.25) is 0 Å². The molecule has 0 saturated carbocycles. The molecule has 2 heteroatoms. The molecular weight excluding hydrogens is 236 g/mol. The molecule has 19 heavy (non-hydrogen) atoms. The maximum Gasteiger partial charge on any atom is 0.119 e. The third-order valence-corrected chi connectivity index (χ3v) is 3.76. The quantitative estimate of drug-likeness (QED) is 0.874. The van der Waals surface area contributed by atoms with Crippen LogP contribution in [0.3, 0.4) is 0 Å². The molecule has 0 aliphatic rings. The van der Waals surface area contributed by atoms with Crippen molar-refractivity contribution in [3.63, 3.8) is 0 Å². The van der Waals surface area contributed by atoms with Gasteiger partial charge >= 0.3 is 0 Å². The van der Waals surface area contributed by atoms with Gasteiger partial charge in [-0.15, -0.1) is 0 Å². The molecule has 0 fully saturated rings. The lowest BCUT2D eigenvalue weighted by molar-refractivity contribution is 0.139. The van der Waals surface area contributed by atoms with Crippen molar-refractivity contribution in [3.8, 4) is 5.75 Å². The Balaban J connectivity index is 2.31. The highest BCUT2D eigenvalue weighted by Gasteiger charge is 2.15. The molecule has 0 aromatic heterocycles. The summed E-state index contributed by atoms with van der Waals surface area (Å²) in [6.07, 6.45) is 1.60. The third kappa shape index (κ3) is 3.07. The van der Waals surface area contributed by atoms with E-state index in [-0.39, 0.29) is 12.0 Å². The highest BCUT2D eigenvalue weighted by Crippen LogP contribution is 2.27. The minimum Gasteiger partial charge on any atom is -0.497 e. The SMILES string of the molecule is CCCC(O)C(C)c1ccc2cc(OC)ccc2c1. The van der Waals surface area contributed by atoms with Gasteiger partial charge in [-0.05, 0) is 34.9 Å². The van der Waals surface area contributed by atoms with Crippen molar-refractivity contribution in [2.45, 2.75) is 38.7 Å². The van der Waals surface area contributed by atoms with Crippen LogP contribution in [0.1, 0.15) is 38.2 Å². The van der Waals surface area contributed by atoms with E-state index >= 15 is 0 Å². The lowest BCUT2D eigenvalue weighted by Gasteiger charge is -2.19. The number of rotatable bonds is 5. The van der Waals surface area contributed by atoms with Gasteiger partial charge in [0, 0.05) is 5.92 Å². The monoisotopic (exact) mass is 258 g/mol. The van der Waals surface area contributed by atoms with Crippen molar-refractivity contribution in [1.29, 1.82) is 0 Å². The molecular formula is C17H22O2. The second-order valence-electron chi connectivity index (χ2n) is 5.12. The van der Waals surface area contributed by atoms with E-state index in [0.29, 0.717) is 0 Å². The predicted octanol–water partition coefficient (Wildman–Crippen LogP) is 4.11. The Hall–Kier alpha value is -1.54. The Bertz CT molecular complexity index is 548. The van der Waals surface area contributed by atoms with Crippen molar-refractivity contribution in [2.75, 3.05) is 7.11 Å². The second-order valence-corrected chi connectivity index (χ2v) is 5.12. The number of ether oxygens (including phenoxy) is 1. The van der Waals surface area contributed by atoms with Crippen LogP contribution in [0.4, 0.5) is 0 Å². The normalized spacial score (nSPS) is 14.3. The number of methoxy groups -OCH3 is 1. The first kappa shape index (κ1) is 13.9. The smallest absolute Gasteiger partial charge is 0.119 e. The Morgan fingerprint density at radius 3 is 2.47 bits per heavy atom. The summed E-state index contributed by atoms with van der Waals surface area (Å²) in [4.78, 5) is 0. The summed E-state index contributed by atoms with van der Waals surface area (Å²) in [6, 6.07) is 12.4. The van der Waals surface area contributed by atoms with E-state index < -0.39 is 0 Å². The highest BCUT2D eigenvalue weighted by molar-refractivity contribution is 5.84. The van der Waals surface area contributed by atoms with Gasteiger partial charge in [0.05, 0.1) is 13.2 Å². The zero-order valence-electron chi connectivity index (χ0n) is 11.9. The molecule has 0 bridgehead atoms. The van der Waals surface area contributed by atoms with Crippen molar-refractivity contribution < 1.29 is 9.84 Å². The first-order valence-corrected chi connectivity index (χ1v) is 6.91. The molecule has 0 aliphatic heterocycles. The van der Waals surface area contributed by atoms with E-state index in [9.17, 15) is 5.11 Å². The van der Waals surface area contributed by atoms with Gasteiger partial charge in [0.1, 0.15) is 5.75 Å². The Labute approximate surface area is 115 Å². The molecule has 2 aromatic rings. The van der Waals surface area contributed by atoms with E-state index in [4.69, 9.17) is 4.74 Å². The van der Waals surface area contributed by atoms with E-state index in [1.165, 1.54) is 16.3 Å². The van der Waals surface area contributed by atoms with E-state index in [0.717, 1.165) is 18.6 Å². The van der Waals surface area contributed by atoms with Gasteiger partial charge in [0.25, 0.3) is 0 Å². The maximum atomic E-state index is 10.1. The molecule has 2 unspecified atom stereocenters. The third-order valence-electron chi connectivity index (χ3n) is 3.76. The average molecular weight is 258 g/mol. The standard InChI is InChI=1S/C17H22O2/c1-4-5-17(18)12(2)13-6-7-15-11-16(19-3)9-8-14(15)10-13/h6-12,17-18H,4-5H2,1-3H3. The molecule has 0 spiro atoms. The highest BCUT2D eigenvalue weighted by atomic mass is 16.5. The largest absolute Gasteiger partial charge is 0.497 e. The Morgan fingerprint density at radius 1 is 1.11 bits per heavy atom. The summed E-state index contributed by atoms with van der Waals surface area (Å²) < 4.78 is 5.23. The summed E-state index contributed by atoms with van der Waals surface area (Å²) >= 11 is 0. The fourth-order valence-corrected chi connectivity index (χ4v) is 2.42. The minimum atomic E-state index is -0.263. The van der Waals surface area contributed by atoms with Gasteiger partial charge in [-0.2, -0.15) is 0 Å². The Kier molecular flexibility index (Phi) is 4.43. The lowest BCUT2D eigenvalue weighted by Crippen LogP contribution is -2.15. The summed E-state index contributed by atoms with van der Waals surface area (Å²) in [6.45, 7) is 4.19. The van der Waals surface area contributed by atoms with Gasteiger partial charge < -0.3 is 9.84 Å². The second kappa shape index (κ2) is 6.07. The first-order valence-electron chi connectivity index (χ1n) is 6.91. The van der Waals surface area contributed by atoms with Crippen LogP contribution < -0.4 is 4.74 Å². The van der Waals surface area contributed by atoms with Crippen molar-refractivity contribution in [2.24, 2.45) is 0 Å². The summed E-state index contributed by atoms with van der Waals surface area (Å²) in [5.74, 6) is 1.05. The maximum absolute atomic E-state index is 10.1. The van der Waals surface area contributed by atoms with E-state index in [1.807, 2.05) is 12.1 Å². The molecule has 0 amide bonds. The Morgan fingerprint density at radius 2 is 1.79 bits per heavy atom. The number of aliphatic hydroxyl groups excluding tert-OH is 1. The molecule has 0 saturated heterocycles. The summed E-state index contributed by atoms with van der Waals surface area (Å²) in [5.41, 5.74) is 1.19. The fraction of sp³-hybridized carbons (Fsp3) is 0.412. The summed E-state index contributed by atoms with van der Waals surface area (Å²) in [5, 5.41) is 12.5. The molecule has 0 radical (unpaired) electrons. The molecule has 2 aromatic carbocycles. The number of hydrogen-bond donors (Lipinski definition) is 1. The average Bonchev–Trinajstić information content (AvgIpc) is 2.45. The first-order chi connectivity index (χ1) is 9.15. The van der Waals surface area contributed by atoms with Crippen LogP contribution in [0.25, 0.3) is 10.8 Å². The number of aliphatic hydroxyl groups is 1. The van der Waals surface area contributed by atoms with Gasteiger partial charge in [-0.1, -0.05) is 44.5 Å². The van der Waals surface area contributed by atoms with Crippen LogP contribution in [0.15, 0.2) is 36.4 Å². The number of hydrogen-bond acceptors (Lipinski definition) is 2. The number of benzene rings is 2. The van der Waals surface area contributed by atoms with Crippen molar-refractivity contribution in [3.05, 3.63) is 42.0 Å². The van der Waals surface area contributed by atoms with E-state index in [1.54, 1.807) is 7.11 Å². The summed E-state index contributed by atoms with van der Waals surface area (Å²) in [7, 11) is 1.68. The van der Waals surface area contributed by atoms with Crippen LogP contribution in [0.5, 0.6) is 5.75 Å². The van der Waals surface area contributed by atoms with Crippen molar-refractivity contribution >= 4 is 10.8 Å². The van der Waals surface area contributed by atoms with Crippen LogP contribution in [-0.2, 0) is 0 Å². The minimum absolute atomic E-state index is 0.173. The fourth-order valence-electron chi connectivity index (χ4n) is 2.42. The van der Waals surface area contributed by atoms with E-state index in [2.05, 4.69) is 38.1 Å². The molecule has 0 aliphatic carbocycles. The van der Waals surface area contributed by atoms with Gasteiger partial charge in [-0.3, -0.25) is 0 Å². The molecule has 1 N–H and O–H groups in total. The van der Waals surface area contributed by atoms with Crippen LogP contribution in [-0.4, -0.2) is 18.3 Å². The van der Waals surface area contributed by atoms with Gasteiger partial charge in [0.15, 0.2) is 0 Å². The molecule has 2 nitrogen and oxygen atoms in total.